The van der Waals surface area contributed by atoms with Crippen LogP contribution in [0.25, 0.3) is 0 Å². The Balaban J connectivity index is 2.10. The second kappa shape index (κ2) is 32.3. The minimum absolute atomic E-state index is 0.0178. The number of aliphatic hydroxyl groups is 1. The molecule has 0 radical (unpaired) electrons. The Bertz CT molecular complexity index is 1620. The zero-order valence-corrected chi connectivity index (χ0v) is 43.2. The molecule has 1 aliphatic rings. The molecule has 0 aliphatic carbocycles. The van der Waals surface area contributed by atoms with Gasteiger partial charge in [0, 0.05) is 47.2 Å². The van der Waals surface area contributed by atoms with E-state index in [2.05, 4.69) is 10.2 Å². The van der Waals surface area contributed by atoms with E-state index in [0.717, 1.165) is 6.42 Å². The Labute approximate surface area is 406 Å². The molecule has 1 heterocycles. The van der Waals surface area contributed by atoms with Crippen LogP contribution >= 0.6 is 0 Å². The molecular formula is C50H87N5O13. The van der Waals surface area contributed by atoms with Gasteiger partial charge in [0.15, 0.2) is 5.78 Å². The van der Waals surface area contributed by atoms with Crippen molar-refractivity contribution in [3.05, 3.63) is 35.9 Å². The van der Waals surface area contributed by atoms with Crippen molar-refractivity contribution in [2.24, 2.45) is 35.5 Å². The number of nitrogens with zero attached hydrogens (tertiary/aromatic N) is 3. The number of nitrogens with one attached hydrogen (secondary N) is 1. The summed E-state index contributed by atoms with van der Waals surface area (Å²) in [4.78, 5) is 79.3. The van der Waals surface area contributed by atoms with Crippen molar-refractivity contribution in [1.29, 1.82) is 0 Å². The number of likely N-dealkylation sites (tertiary alicyclic amines) is 1. The highest BCUT2D eigenvalue weighted by molar-refractivity contribution is 5.93. The molecule has 4 amide bonds. The number of amides is 4. The van der Waals surface area contributed by atoms with Crippen LogP contribution in [0.5, 0.6) is 0 Å². The molecule has 0 bridgehead atoms. The first-order chi connectivity index (χ1) is 32.4. The Kier molecular flexibility index (Phi) is 28.8. The maximum atomic E-state index is 14.6. The molecule has 1 aromatic carbocycles. The second-order valence-electron chi connectivity index (χ2n) is 18.7. The molecule has 0 saturated carbocycles. The summed E-state index contributed by atoms with van der Waals surface area (Å²) in [7, 11) is 6.38. The van der Waals surface area contributed by atoms with E-state index in [4.69, 9.17) is 34.3 Å². The summed E-state index contributed by atoms with van der Waals surface area (Å²) in [6.07, 6.45) is -0.244. The third-order valence-electron chi connectivity index (χ3n) is 13.2. The number of hydrogen-bond acceptors (Lipinski definition) is 14. The lowest BCUT2D eigenvalue weighted by Gasteiger charge is -2.41. The Morgan fingerprint density at radius 1 is 0.794 bits per heavy atom. The lowest BCUT2D eigenvalue weighted by atomic mass is 9.83. The maximum Gasteiger partial charge on any atom is 0.248 e. The number of rotatable bonds is 35. The molecule has 68 heavy (non-hydrogen) atoms. The number of ether oxygens (including phenoxy) is 6. The molecule has 0 spiro atoms. The van der Waals surface area contributed by atoms with E-state index in [9.17, 15) is 29.1 Å². The molecule has 390 valence electrons. The minimum Gasteiger partial charge on any atom is -0.386 e. The van der Waals surface area contributed by atoms with Crippen molar-refractivity contribution in [3.8, 4) is 0 Å². The van der Waals surface area contributed by atoms with Crippen molar-refractivity contribution < 1.29 is 62.3 Å². The van der Waals surface area contributed by atoms with Crippen LogP contribution in [0.3, 0.4) is 0 Å². The van der Waals surface area contributed by atoms with Crippen LogP contribution in [0.4, 0.5) is 0 Å². The number of ketones is 1. The van der Waals surface area contributed by atoms with E-state index >= 15 is 0 Å². The van der Waals surface area contributed by atoms with Crippen molar-refractivity contribution in [1.82, 2.24) is 20.0 Å². The zero-order valence-electron chi connectivity index (χ0n) is 43.2. The normalized spacial score (nSPS) is 18.1. The van der Waals surface area contributed by atoms with Crippen molar-refractivity contribution in [3.63, 3.8) is 0 Å². The van der Waals surface area contributed by atoms with Crippen LogP contribution in [0, 0.1) is 29.6 Å². The second-order valence-corrected chi connectivity index (χ2v) is 18.7. The van der Waals surface area contributed by atoms with Crippen LogP contribution in [0.2, 0.25) is 0 Å². The van der Waals surface area contributed by atoms with Crippen LogP contribution in [0.15, 0.2) is 30.3 Å². The third-order valence-corrected chi connectivity index (χ3v) is 13.2. The summed E-state index contributed by atoms with van der Waals surface area (Å²) < 4.78 is 33.8. The average Bonchev–Trinajstić information content (AvgIpc) is 3.81. The quantitative estimate of drug-likeness (QED) is 0.0652. The van der Waals surface area contributed by atoms with E-state index in [-0.39, 0.29) is 85.9 Å². The van der Waals surface area contributed by atoms with Gasteiger partial charge in [-0.15, -0.1) is 0 Å². The molecule has 18 nitrogen and oxygen atoms in total. The van der Waals surface area contributed by atoms with Crippen molar-refractivity contribution in [2.45, 2.75) is 130 Å². The van der Waals surface area contributed by atoms with Gasteiger partial charge in [0.05, 0.1) is 108 Å². The number of methoxy groups -OCH3 is 2. The van der Waals surface area contributed by atoms with Crippen LogP contribution < -0.4 is 11.2 Å². The number of carbonyl (C=O) groups excluding carboxylic acids is 5. The highest BCUT2D eigenvalue weighted by atomic mass is 16.6. The number of benzene rings is 1. The van der Waals surface area contributed by atoms with E-state index < -0.39 is 48.3 Å². The van der Waals surface area contributed by atoms with Crippen molar-refractivity contribution in [2.75, 3.05) is 94.3 Å². The highest BCUT2D eigenvalue weighted by Crippen LogP contribution is 2.31. The number of nitrogens with two attached hydrogens (primary N) is 1. The number of Topliss-reactive ketones (excluding diaryl/α,β-unsaturated/α-hetero) is 1. The smallest absolute Gasteiger partial charge is 0.248 e. The first-order valence-electron chi connectivity index (χ1n) is 24.4. The van der Waals surface area contributed by atoms with Gasteiger partial charge in [-0.1, -0.05) is 85.2 Å². The summed E-state index contributed by atoms with van der Waals surface area (Å²) >= 11 is 0. The highest BCUT2D eigenvalue weighted by Gasteiger charge is 2.43. The van der Waals surface area contributed by atoms with Gasteiger partial charge in [0.1, 0.15) is 6.61 Å². The Hall–Kier alpha value is -3.59. The average molecular weight is 966 g/mol. The Morgan fingerprint density at radius 2 is 1.37 bits per heavy atom. The SMILES string of the molecule is CC[C@H](C)[C@@H]([C@@H](CC(=O)N1CCC[C@H]1[C@H](OC)[C@@H](C)C(=O)N[C@H](C)[C@@H](O)c1ccccc1)OC)N(C)C(=O)[C@@H](CC(=O)[C@H](C(C)C)N(C)C(=O)COCCOCCOCCOCCON)C(C)C. The fourth-order valence-electron chi connectivity index (χ4n) is 9.11. The predicted octanol–water partition coefficient (Wildman–Crippen LogP) is 3.82. The predicted molar refractivity (Wildman–Crippen MR) is 258 cm³/mol. The monoisotopic (exact) mass is 966 g/mol. The van der Waals surface area contributed by atoms with Crippen LogP contribution in [-0.2, 0) is 57.2 Å². The maximum absolute atomic E-state index is 14.6. The minimum atomic E-state index is -0.903. The molecule has 1 fully saturated rings. The van der Waals surface area contributed by atoms with E-state index in [1.807, 2.05) is 71.9 Å². The van der Waals surface area contributed by atoms with Gasteiger partial charge in [-0.05, 0) is 43.1 Å². The summed E-state index contributed by atoms with van der Waals surface area (Å²) in [6.45, 7) is 18.0. The van der Waals surface area contributed by atoms with Crippen LogP contribution in [0.1, 0.15) is 99.2 Å². The third kappa shape index (κ3) is 19.0. The molecule has 10 atom stereocenters. The molecule has 1 aliphatic heterocycles. The molecule has 0 unspecified atom stereocenters. The Morgan fingerprint density at radius 3 is 1.88 bits per heavy atom. The van der Waals surface area contributed by atoms with E-state index in [1.54, 1.807) is 52.0 Å². The fraction of sp³-hybridized carbons (Fsp3) is 0.780. The molecule has 1 saturated heterocycles. The first-order valence-corrected chi connectivity index (χ1v) is 24.4. The standard InChI is InChI=1S/C50H87N5O13/c1-13-35(6)46(42(62-11)31-43(57)55-21-17-20-40(55)48(63-12)36(7)49(60)52-37(8)47(59)38-18-15-14-16-19-38)54(10)50(61)39(33(2)3)30-41(56)45(34(4)5)53(9)44(58)32-67-27-26-65-23-22-64-24-25-66-28-29-68-51/h14-16,18-19,33-37,39-40,42,45-48,59H,13,17,20-32,51H2,1-12H3,(H,52,60)/t35-,36+,37+,39-,40-,42+,45-,46-,47+,48+/m0/s1. The summed E-state index contributed by atoms with van der Waals surface area (Å²) in [5, 5.41) is 13.8. The lowest BCUT2D eigenvalue weighted by molar-refractivity contribution is -0.150. The zero-order chi connectivity index (χ0) is 50.9. The summed E-state index contributed by atoms with van der Waals surface area (Å²) in [6, 6.07) is 6.89. The summed E-state index contributed by atoms with van der Waals surface area (Å²) in [5.74, 6) is 1.77. The number of hydrogen-bond donors (Lipinski definition) is 3. The van der Waals surface area contributed by atoms with Gasteiger partial charge >= 0.3 is 0 Å². The molecule has 1 aromatic rings. The van der Waals surface area contributed by atoms with Gasteiger partial charge in [-0.3, -0.25) is 24.0 Å². The van der Waals surface area contributed by atoms with E-state index in [1.165, 1.54) is 4.90 Å². The fourth-order valence-corrected chi connectivity index (χ4v) is 9.11. The van der Waals surface area contributed by atoms with Gasteiger partial charge in [0.25, 0.3) is 0 Å². The number of carbonyl (C=O) groups is 5. The number of likely N-dealkylation sites (N-methyl/N-ethyl adjacent to an activating group) is 2. The van der Waals surface area contributed by atoms with Crippen molar-refractivity contribution >= 4 is 29.4 Å². The largest absolute Gasteiger partial charge is 0.386 e. The first kappa shape index (κ1) is 60.5. The van der Waals surface area contributed by atoms with Crippen LogP contribution in [-0.4, -0.2) is 180 Å². The van der Waals surface area contributed by atoms with Gasteiger partial charge < -0.3 is 58.4 Å². The molecule has 18 heteroatoms. The molecule has 0 aromatic heterocycles. The summed E-state index contributed by atoms with van der Waals surface area (Å²) in [5.41, 5.74) is 0.693. The molecule has 4 N–H and O–H groups in total. The lowest BCUT2D eigenvalue weighted by Crippen LogP contribution is -2.55. The van der Waals surface area contributed by atoms with Gasteiger partial charge in [-0.2, -0.15) is 0 Å². The van der Waals surface area contributed by atoms with Gasteiger partial charge in [0.2, 0.25) is 23.6 Å². The number of aliphatic hydroxyl groups excluding tert-OH is 1. The molecule has 2 rings (SSSR count). The van der Waals surface area contributed by atoms with Gasteiger partial charge in [-0.25, -0.2) is 5.90 Å². The van der Waals surface area contributed by atoms with E-state index in [0.29, 0.717) is 64.6 Å². The topological polar surface area (TPSA) is 218 Å². The molecular weight excluding hydrogens is 879 g/mol.